The molecule has 0 bridgehead atoms. The van der Waals surface area contributed by atoms with Crippen LogP contribution in [0.1, 0.15) is 6.42 Å². The highest BCUT2D eigenvalue weighted by Crippen LogP contribution is 2.30. The third-order valence-electron chi connectivity index (χ3n) is 2.12. The van der Waals surface area contributed by atoms with Crippen molar-refractivity contribution in [2.24, 2.45) is 0 Å². The van der Waals surface area contributed by atoms with Gasteiger partial charge < -0.3 is 14.8 Å². The molecule has 1 rings (SSSR count). The molecule has 1 N–H and O–H groups in total. The van der Waals surface area contributed by atoms with Crippen molar-refractivity contribution in [1.82, 2.24) is 0 Å². The van der Waals surface area contributed by atoms with E-state index in [1.165, 1.54) is 14.2 Å². The molecule has 0 aliphatic rings. The van der Waals surface area contributed by atoms with Gasteiger partial charge in [0.15, 0.2) is 11.5 Å². The average Bonchev–Trinajstić information content (AvgIpc) is 2.27. The van der Waals surface area contributed by atoms with Crippen LogP contribution in [0.3, 0.4) is 0 Å². The average molecular weight is 249 g/mol. The molecule has 0 saturated heterocycles. The van der Waals surface area contributed by atoms with E-state index in [9.17, 15) is 13.2 Å². The van der Waals surface area contributed by atoms with Gasteiger partial charge in [-0.3, -0.25) is 0 Å². The van der Waals surface area contributed by atoms with Crippen LogP contribution >= 0.6 is 0 Å². The van der Waals surface area contributed by atoms with Crippen molar-refractivity contribution in [2.45, 2.75) is 12.6 Å². The Labute approximate surface area is 97.5 Å². The van der Waals surface area contributed by atoms with Crippen LogP contribution in [-0.4, -0.2) is 26.9 Å². The van der Waals surface area contributed by atoms with Gasteiger partial charge in [0.1, 0.15) is 0 Å². The van der Waals surface area contributed by atoms with Gasteiger partial charge >= 0.3 is 6.18 Å². The van der Waals surface area contributed by atoms with E-state index in [2.05, 4.69) is 5.32 Å². The highest BCUT2D eigenvalue weighted by atomic mass is 19.4. The summed E-state index contributed by atoms with van der Waals surface area (Å²) in [7, 11) is 2.96. The van der Waals surface area contributed by atoms with Gasteiger partial charge in [-0.1, -0.05) is 0 Å². The highest BCUT2D eigenvalue weighted by molar-refractivity contribution is 5.54. The lowest BCUT2D eigenvalue weighted by molar-refractivity contribution is -0.131. The minimum absolute atomic E-state index is 0.168. The second-order valence-electron chi connectivity index (χ2n) is 3.36. The van der Waals surface area contributed by atoms with Gasteiger partial charge in [0.25, 0.3) is 0 Å². The summed E-state index contributed by atoms with van der Waals surface area (Å²) in [6.45, 7) is -0.168. The number of rotatable bonds is 5. The van der Waals surface area contributed by atoms with Crippen molar-refractivity contribution in [3.63, 3.8) is 0 Å². The third-order valence-corrected chi connectivity index (χ3v) is 2.12. The predicted octanol–water partition coefficient (Wildman–Crippen LogP) is 3.07. The Morgan fingerprint density at radius 1 is 1.12 bits per heavy atom. The summed E-state index contributed by atoms with van der Waals surface area (Å²) in [6.07, 6.45) is -5.02. The molecule has 0 unspecified atom stereocenters. The quantitative estimate of drug-likeness (QED) is 0.869. The molecule has 1 aromatic rings. The lowest BCUT2D eigenvalue weighted by Crippen LogP contribution is -2.14. The Morgan fingerprint density at radius 2 is 1.76 bits per heavy atom. The van der Waals surface area contributed by atoms with E-state index >= 15 is 0 Å². The monoisotopic (exact) mass is 249 g/mol. The Kier molecular flexibility index (Phi) is 4.48. The minimum Gasteiger partial charge on any atom is -0.493 e. The minimum atomic E-state index is -4.15. The van der Waals surface area contributed by atoms with Crippen LogP contribution in [0.2, 0.25) is 0 Å². The maximum atomic E-state index is 11.9. The van der Waals surface area contributed by atoms with E-state index in [1.807, 2.05) is 0 Å². The zero-order valence-electron chi connectivity index (χ0n) is 9.60. The second kappa shape index (κ2) is 5.65. The summed E-state index contributed by atoms with van der Waals surface area (Å²) in [5.74, 6) is 1.01. The van der Waals surface area contributed by atoms with Gasteiger partial charge in [-0.2, -0.15) is 13.2 Å². The maximum Gasteiger partial charge on any atom is 0.390 e. The number of alkyl halides is 3. The van der Waals surface area contributed by atoms with Gasteiger partial charge in [0.05, 0.1) is 20.6 Å². The molecule has 0 radical (unpaired) electrons. The standard InChI is InChI=1S/C11H14F3NO2/c1-16-9-4-3-8(7-10(9)17-2)15-6-5-11(12,13)14/h3-4,7,15H,5-6H2,1-2H3. The molecular formula is C11H14F3NO2. The zero-order valence-corrected chi connectivity index (χ0v) is 9.60. The number of methoxy groups -OCH3 is 2. The second-order valence-corrected chi connectivity index (χ2v) is 3.36. The molecule has 0 atom stereocenters. The molecule has 0 amide bonds. The van der Waals surface area contributed by atoms with Crippen LogP contribution < -0.4 is 14.8 Å². The third kappa shape index (κ3) is 4.42. The molecule has 0 aliphatic carbocycles. The van der Waals surface area contributed by atoms with Crippen molar-refractivity contribution in [3.8, 4) is 11.5 Å². The van der Waals surface area contributed by atoms with Crippen LogP contribution in [0.5, 0.6) is 11.5 Å². The maximum absolute atomic E-state index is 11.9. The molecule has 1 aromatic carbocycles. The first-order valence-electron chi connectivity index (χ1n) is 4.99. The molecule has 0 spiro atoms. The number of hydrogen-bond donors (Lipinski definition) is 1. The fourth-order valence-corrected chi connectivity index (χ4v) is 1.29. The number of benzene rings is 1. The first kappa shape index (κ1) is 13.5. The van der Waals surface area contributed by atoms with Crippen molar-refractivity contribution in [3.05, 3.63) is 18.2 Å². The van der Waals surface area contributed by atoms with E-state index in [0.29, 0.717) is 17.2 Å². The van der Waals surface area contributed by atoms with Crippen molar-refractivity contribution in [2.75, 3.05) is 26.1 Å². The smallest absolute Gasteiger partial charge is 0.390 e. The van der Waals surface area contributed by atoms with Gasteiger partial charge in [-0.25, -0.2) is 0 Å². The molecule has 0 heterocycles. The van der Waals surface area contributed by atoms with E-state index in [0.717, 1.165) is 0 Å². The zero-order chi connectivity index (χ0) is 12.9. The van der Waals surface area contributed by atoms with E-state index < -0.39 is 12.6 Å². The number of halogens is 3. The van der Waals surface area contributed by atoms with Crippen molar-refractivity contribution >= 4 is 5.69 Å². The molecule has 0 fully saturated rings. The molecule has 0 aliphatic heterocycles. The molecule has 6 heteroatoms. The van der Waals surface area contributed by atoms with Gasteiger partial charge in [-0.15, -0.1) is 0 Å². The lowest BCUT2D eigenvalue weighted by Gasteiger charge is -2.12. The van der Waals surface area contributed by atoms with Gasteiger partial charge in [0, 0.05) is 18.3 Å². The molecule has 0 aromatic heterocycles. The normalized spacial score (nSPS) is 11.1. The summed E-state index contributed by atoms with van der Waals surface area (Å²) in [6, 6.07) is 4.86. The van der Waals surface area contributed by atoms with Gasteiger partial charge in [0.2, 0.25) is 0 Å². The largest absolute Gasteiger partial charge is 0.493 e. The lowest BCUT2D eigenvalue weighted by atomic mass is 10.2. The van der Waals surface area contributed by atoms with E-state index in [4.69, 9.17) is 9.47 Å². The molecule has 96 valence electrons. The number of anilines is 1. The predicted molar refractivity (Wildman–Crippen MR) is 58.7 cm³/mol. The fourth-order valence-electron chi connectivity index (χ4n) is 1.29. The van der Waals surface area contributed by atoms with Crippen LogP contribution in [0.25, 0.3) is 0 Å². The van der Waals surface area contributed by atoms with Crippen molar-refractivity contribution < 1.29 is 22.6 Å². The van der Waals surface area contributed by atoms with Gasteiger partial charge in [-0.05, 0) is 12.1 Å². The topological polar surface area (TPSA) is 30.5 Å². The molecule has 17 heavy (non-hydrogen) atoms. The number of nitrogens with one attached hydrogen (secondary N) is 1. The van der Waals surface area contributed by atoms with Crippen LogP contribution in [0.4, 0.5) is 18.9 Å². The molecule has 0 saturated carbocycles. The number of hydrogen-bond acceptors (Lipinski definition) is 3. The SMILES string of the molecule is COc1ccc(NCCC(F)(F)F)cc1OC. The van der Waals surface area contributed by atoms with Crippen LogP contribution in [0, 0.1) is 0 Å². The first-order chi connectivity index (χ1) is 7.96. The van der Waals surface area contributed by atoms with Crippen molar-refractivity contribution in [1.29, 1.82) is 0 Å². The highest BCUT2D eigenvalue weighted by Gasteiger charge is 2.26. The Bertz CT molecular complexity index is 366. The fraction of sp³-hybridized carbons (Fsp3) is 0.455. The summed E-state index contributed by atoms with van der Waals surface area (Å²) >= 11 is 0. The van der Waals surface area contributed by atoms with Crippen LogP contribution in [-0.2, 0) is 0 Å². The summed E-state index contributed by atoms with van der Waals surface area (Å²) in [4.78, 5) is 0. The Balaban J connectivity index is 2.60. The molecular weight excluding hydrogens is 235 g/mol. The molecule has 3 nitrogen and oxygen atoms in total. The Hall–Kier alpha value is -1.59. The summed E-state index contributed by atoms with van der Waals surface area (Å²) in [5, 5.41) is 2.67. The first-order valence-corrected chi connectivity index (χ1v) is 4.99. The summed E-state index contributed by atoms with van der Waals surface area (Å²) in [5.41, 5.74) is 0.562. The number of ether oxygens (including phenoxy) is 2. The summed E-state index contributed by atoms with van der Waals surface area (Å²) < 4.78 is 45.9. The van der Waals surface area contributed by atoms with E-state index in [1.54, 1.807) is 18.2 Å². The van der Waals surface area contributed by atoms with E-state index in [-0.39, 0.29) is 6.54 Å². The Morgan fingerprint density at radius 3 is 2.29 bits per heavy atom. The van der Waals surface area contributed by atoms with Crippen LogP contribution in [0.15, 0.2) is 18.2 Å².